The van der Waals surface area contributed by atoms with E-state index in [0.717, 1.165) is 33.3 Å². The summed E-state index contributed by atoms with van der Waals surface area (Å²) in [6.07, 6.45) is -0.592. The van der Waals surface area contributed by atoms with Crippen LogP contribution in [0.3, 0.4) is 0 Å². The monoisotopic (exact) mass is 433 g/mol. The highest BCUT2D eigenvalue weighted by atomic mass is 79.9. The smallest absolute Gasteiger partial charge is 0.191 e. The van der Waals surface area contributed by atoms with Crippen molar-refractivity contribution in [1.82, 2.24) is 14.8 Å². The third-order valence-electron chi connectivity index (χ3n) is 3.73. The van der Waals surface area contributed by atoms with Crippen molar-refractivity contribution in [1.29, 1.82) is 0 Å². The van der Waals surface area contributed by atoms with Crippen LogP contribution in [0.2, 0.25) is 0 Å². The van der Waals surface area contributed by atoms with E-state index in [2.05, 4.69) is 37.6 Å². The standard InChI is InChI=1S/C19H20BrN3O2S/c1-2-23-18(14-6-4-3-5-7-14)21-22-19(23)26-13-16(24)12-25-17-10-8-15(20)9-11-17/h3-11,16,24H,2,12-13H2,1H3/t16-/m1/s1. The van der Waals surface area contributed by atoms with Crippen molar-refractivity contribution in [3.05, 3.63) is 59.1 Å². The molecule has 0 bridgehead atoms. The lowest BCUT2D eigenvalue weighted by molar-refractivity contribution is 0.126. The minimum Gasteiger partial charge on any atom is -0.491 e. The van der Waals surface area contributed by atoms with Crippen LogP contribution >= 0.6 is 27.7 Å². The second-order valence-electron chi connectivity index (χ2n) is 5.65. The molecule has 1 heterocycles. The molecular weight excluding hydrogens is 414 g/mol. The van der Waals surface area contributed by atoms with Gasteiger partial charge in [0.25, 0.3) is 0 Å². The Bertz CT molecular complexity index is 825. The summed E-state index contributed by atoms with van der Waals surface area (Å²) in [6.45, 7) is 3.07. The summed E-state index contributed by atoms with van der Waals surface area (Å²) in [7, 11) is 0. The van der Waals surface area contributed by atoms with Gasteiger partial charge in [-0.25, -0.2) is 0 Å². The normalized spacial score (nSPS) is 12.1. The lowest BCUT2D eigenvalue weighted by Crippen LogP contribution is -2.20. The lowest BCUT2D eigenvalue weighted by Gasteiger charge is -2.12. The maximum atomic E-state index is 10.2. The van der Waals surface area contributed by atoms with Gasteiger partial charge in [-0.05, 0) is 31.2 Å². The largest absolute Gasteiger partial charge is 0.491 e. The van der Waals surface area contributed by atoms with Gasteiger partial charge in [-0.1, -0.05) is 58.0 Å². The molecule has 26 heavy (non-hydrogen) atoms. The van der Waals surface area contributed by atoms with Gasteiger partial charge >= 0.3 is 0 Å². The minimum absolute atomic E-state index is 0.237. The van der Waals surface area contributed by atoms with Gasteiger partial charge in [0.2, 0.25) is 0 Å². The highest BCUT2D eigenvalue weighted by Gasteiger charge is 2.15. The number of benzene rings is 2. The summed E-state index contributed by atoms with van der Waals surface area (Å²) < 4.78 is 8.67. The van der Waals surface area contributed by atoms with Crippen LogP contribution in [0.1, 0.15) is 6.92 Å². The van der Waals surface area contributed by atoms with Crippen LogP contribution in [0.15, 0.2) is 64.2 Å². The van der Waals surface area contributed by atoms with E-state index in [1.54, 1.807) is 0 Å². The van der Waals surface area contributed by atoms with Crippen molar-refractivity contribution in [2.24, 2.45) is 0 Å². The number of halogens is 1. The van der Waals surface area contributed by atoms with Gasteiger partial charge in [0.05, 0.1) is 6.10 Å². The number of aliphatic hydroxyl groups excluding tert-OH is 1. The van der Waals surface area contributed by atoms with Crippen molar-refractivity contribution >= 4 is 27.7 Å². The van der Waals surface area contributed by atoms with Crippen molar-refractivity contribution in [3.8, 4) is 17.1 Å². The fourth-order valence-corrected chi connectivity index (χ4v) is 3.60. The average Bonchev–Trinajstić information content (AvgIpc) is 3.09. The first kappa shape index (κ1) is 18.9. The van der Waals surface area contributed by atoms with E-state index in [9.17, 15) is 5.11 Å². The van der Waals surface area contributed by atoms with Crippen LogP contribution in [0.25, 0.3) is 11.4 Å². The molecular formula is C19H20BrN3O2S. The van der Waals surface area contributed by atoms with Crippen LogP contribution < -0.4 is 4.74 Å². The number of ether oxygens (including phenoxy) is 1. The number of rotatable bonds is 8. The SMILES string of the molecule is CCn1c(SC[C@H](O)COc2ccc(Br)cc2)nnc1-c1ccccc1. The zero-order valence-corrected chi connectivity index (χ0v) is 16.8. The molecule has 0 saturated carbocycles. The number of aromatic nitrogens is 3. The van der Waals surface area contributed by atoms with E-state index in [1.807, 2.05) is 54.6 Å². The maximum absolute atomic E-state index is 10.2. The Morgan fingerprint density at radius 1 is 1.12 bits per heavy atom. The highest BCUT2D eigenvalue weighted by Crippen LogP contribution is 2.24. The first-order valence-electron chi connectivity index (χ1n) is 8.35. The Kier molecular flexibility index (Phi) is 6.71. The molecule has 3 rings (SSSR count). The summed E-state index contributed by atoms with van der Waals surface area (Å²) >= 11 is 4.87. The molecule has 0 aliphatic carbocycles. The number of hydrogen-bond donors (Lipinski definition) is 1. The van der Waals surface area contributed by atoms with Gasteiger partial charge in [0, 0.05) is 22.3 Å². The van der Waals surface area contributed by atoms with Gasteiger partial charge in [0.1, 0.15) is 12.4 Å². The molecule has 5 nitrogen and oxygen atoms in total. The summed E-state index contributed by atoms with van der Waals surface area (Å²) in [4.78, 5) is 0. The molecule has 0 saturated heterocycles. The second-order valence-corrected chi connectivity index (χ2v) is 7.55. The van der Waals surface area contributed by atoms with Crippen molar-refractivity contribution in [3.63, 3.8) is 0 Å². The lowest BCUT2D eigenvalue weighted by atomic mass is 10.2. The van der Waals surface area contributed by atoms with Gasteiger partial charge in [-0.3, -0.25) is 0 Å². The third-order valence-corrected chi connectivity index (χ3v) is 5.37. The Balaban J connectivity index is 1.57. The van der Waals surface area contributed by atoms with Gasteiger partial charge < -0.3 is 14.4 Å². The summed E-state index contributed by atoms with van der Waals surface area (Å²) in [5.74, 6) is 2.07. The second kappa shape index (κ2) is 9.21. The third kappa shape index (κ3) is 4.87. The summed E-state index contributed by atoms with van der Waals surface area (Å²) in [5.41, 5.74) is 1.04. The molecule has 7 heteroatoms. The maximum Gasteiger partial charge on any atom is 0.191 e. The molecule has 1 atom stereocenters. The Labute approximate surface area is 165 Å². The Hall–Kier alpha value is -1.83. The summed E-state index contributed by atoms with van der Waals surface area (Å²) in [6, 6.07) is 17.5. The average molecular weight is 434 g/mol. The minimum atomic E-state index is -0.592. The van der Waals surface area contributed by atoms with Gasteiger partial charge in [-0.15, -0.1) is 10.2 Å². The molecule has 1 aromatic heterocycles. The van der Waals surface area contributed by atoms with Crippen LogP contribution in [0.5, 0.6) is 5.75 Å². The first-order chi connectivity index (χ1) is 12.7. The van der Waals surface area contributed by atoms with Crippen LogP contribution in [-0.2, 0) is 6.54 Å². The predicted molar refractivity (Wildman–Crippen MR) is 107 cm³/mol. The molecule has 0 unspecified atom stereocenters. The van der Waals surface area contributed by atoms with Gasteiger partial charge in [-0.2, -0.15) is 0 Å². The van der Waals surface area contributed by atoms with Crippen LogP contribution in [0.4, 0.5) is 0 Å². The number of thioether (sulfide) groups is 1. The fourth-order valence-electron chi connectivity index (χ4n) is 2.42. The molecule has 0 amide bonds. The topological polar surface area (TPSA) is 60.2 Å². The number of hydrogen-bond acceptors (Lipinski definition) is 5. The van der Waals surface area contributed by atoms with E-state index in [0.29, 0.717) is 5.75 Å². The Morgan fingerprint density at radius 3 is 2.54 bits per heavy atom. The zero-order valence-electron chi connectivity index (χ0n) is 14.4. The first-order valence-corrected chi connectivity index (χ1v) is 10.1. The molecule has 0 aliphatic heterocycles. The summed E-state index contributed by atoms with van der Waals surface area (Å²) in [5, 5.41) is 19.6. The predicted octanol–water partition coefficient (Wildman–Crippen LogP) is 4.26. The molecule has 0 aliphatic rings. The van der Waals surface area contributed by atoms with E-state index >= 15 is 0 Å². The van der Waals surface area contributed by atoms with E-state index in [4.69, 9.17) is 4.74 Å². The van der Waals surface area contributed by atoms with Crippen LogP contribution in [-0.4, -0.2) is 38.3 Å². The van der Waals surface area contributed by atoms with E-state index < -0.39 is 6.10 Å². The fraction of sp³-hybridized carbons (Fsp3) is 0.263. The van der Waals surface area contributed by atoms with Gasteiger partial charge in [0.15, 0.2) is 11.0 Å². The van der Waals surface area contributed by atoms with Crippen LogP contribution in [0, 0.1) is 0 Å². The number of aliphatic hydroxyl groups is 1. The van der Waals surface area contributed by atoms with Crippen molar-refractivity contribution < 1.29 is 9.84 Å². The molecule has 0 radical (unpaired) electrons. The highest BCUT2D eigenvalue weighted by molar-refractivity contribution is 9.10. The molecule has 3 aromatic rings. The van der Waals surface area contributed by atoms with Crippen molar-refractivity contribution in [2.45, 2.75) is 24.7 Å². The quantitative estimate of drug-likeness (QED) is 0.537. The Morgan fingerprint density at radius 2 is 1.85 bits per heavy atom. The number of nitrogens with zero attached hydrogens (tertiary/aromatic N) is 3. The van der Waals surface area contributed by atoms with E-state index in [-0.39, 0.29) is 6.61 Å². The molecule has 0 spiro atoms. The molecule has 136 valence electrons. The van der Waals surface area contributed by atoms with Crippen molar-refractivity contribution in [2.75, 3.05) is 12.4 Å². The molecule has 0 fully saturated rings. The molecule has 1 N–H and O–H groups in total. The zero-order chi connectivity index (χ0) is 18.4. The molecule has 2 aromatic carbocycles. The van der Waals surface area contributed by atoms with E-state index in [1.165, 1.54) is 11.8 Å².